The van der Waals surface area contributed by atoms with Crippen molar-refractivity contribution in [3.05, 3.63) is 77.7 Å². The number of aryl methyl sites for hydroxylation is 1. The van der Waals surface area contributed by atoms with Crippen molar-refractivity contribution in [1.82, 2.24) is 15.2 Å². The number of anilines is 2. The molecule has 0 spiro atoms. The van der Waals surface area contributed by atoms with Gasteiger partial charge in [-0.25, -0.2) is 0 Å². The number of pyridine rings is 1. The summed E-state index contributed by atoms with van der Waals surface area (Å²) in [5, 5.41) is 14.0. The third-order valence-corrected chi connectivity index (χ3v) is 3.71. The summed E-state index contributed by atoms with van der Waals surface area (Å²) >= 11 is 0. The molecule has 3 rings (SSSR count). The van der Waals surface area contributed by atoms with Gasteiger partial charge in [-0.2, -0.15) is 0 Å². The predicted molar refractivity (Wildman–Crippen MR) is 97.4 cm³/mol. The summed E-state index contributed by atoms with van der Waals surface area (Å²) in [5.74, 6) is 0.322. The first-order valence-corrected chi connectivity index (χ1v) is 8.11. The number of hydrogen-bond donors (Lipinski definition) is 2. The van der Waals surface area contributed by atoms with Crippen LogP contribution in [-0.4, -0.2) is 21.1 Å². The zero-order chi connectivity index (χ0) is 17.5. The predicted octanol–water partition coefficient (Wildman–Crippen LogP) is 3.30. The van der Waals surface area contributed by atoms with E-state index in [1.807, 2.05) is 36.4 Å². The van der Waals surface area contributed by atoms with Crippen LogP contribution in [-0.2, 0) is 13.0 Å². The number of benzene rings is 1. The van der Waals surface area contributed by atoms with Crippen LogP contribution in [0.25, 0.3) is 0 Å². The number of hydrogen-bond acceptors (Lipinski definition) is 5. The molecule has 2 aromatic heterocycles. The van der Waals surface area contributed by atoms with Crippen molar-refractivity contribution < 1.29 is 4.79 Å². The molecule has 25 heavy (non-hydrogen) atoms. The van der Waals surface area contributed by atoms with E-state index in [1.165, 1.54) is 5.56 Å². The molecule has 6 heteroatoms. The van der Waals surface area contributed by atoms with Crippen LogP contribution in [0.5, 0.6) is 0 Å². The smallest absolute Gasteiger partial charge is 0.276 e. The quantitative estimate of drug-likeness (QED) is 0.723. The Kier molecular flexibility index (Phi) is 5.31. The average Bonchev–Trinajstić information content (AvgIpc) is 2.68. The fourth-order valence-electron chi connectivity index (χ4n) is 2.26. The molecule has 0 bridgehead atoms. The van der Waals surface area contributed by atoms with E-state index in [-0.39, 0.29) is 11.6 Å². The van der Waals surface area contributed by atoms with E-state index in [0.29, 0.717) is 12.4 Å². The summed E-state index contributed by atoms with van der Waals surface area (Å²) in [6.07, 6.45) is 4.48. The summed E-state index contributed by atoms with van der Waals surface area (Å²) in [4.78, 5) is 16.3. The molecule has 0 unspecified atom stereocenters. The second-order valence-electron chi connectivity index (χ2n) is 5.52. The highest BCUT2D eigenvalue weighted by Crippen LogP contribution is 2.12. The molecule has 126 valence electrons. The minimum atomic E-state index is -0.282. The molecular weight excluding hydrogens is 314 g/mol. The lowest BCUT2D eigenvalue weighted by Gasteiger charge is -2.07. The highest BCUT2D eigenvalue weighted by molar-refractivity contribution is 6.02. The fraction of sp³-hybridized carbons (Fsp3) is 0.158. The second kappa shape index (κ2) is 8.01. The Balaban J connectivity index is 1.58. The van der Waals surface area contributed by atoms with Gasteiger partial charge in [-0.3, -0.25) is 9.78 Å². The average molecular weight is 333 g/mol. The van der Waals surface area contributed by atoms with Crippen molar-refractivity contribution >= 4 is 17.4 Å². The Bertz CT molecular complexity index is 817. The van der Waals surface area contributed by atoms with Crippen molar-refractivity contribution in [3.63, 3.8) is 0 Å². The molecule has 0 aliphatic carbocycles. The van der Waals surface area contributed by atoms with Gasteiger partial charge in [0.25, 0.3) is 5.91 Å². The molecule has 0 atom stereocenters. The lowest BCUT2D eigenvalue weighted by atomic mass is 10.1. The van der Waals surface area contributed by atoms with Gasteiger partial charge >= 0.3 is 0 Å². The maximum Gasteiger partial charge on any atom is 0.276 e. The van der Waals surface area contributed by atoms with Crippen LogP contribution < -0.4 is 10.6 Å². The van der Waals surface area contributed by atoms with Gasteiger partial charge in [0.1, 0.15) is 5.82 Å². The van der Waals surface area contributed by atoms with Gasteiger partial charge in [0, 0.05) is 24.6 Å². The Hall–Kier alpha value is -3.28. The van der Waals surface area contributed by atoms with Crippen molar-refractivity contribution in [2.75, 3.05) is 10.6 Å². The highest BCUT2D eigenvalue weighted by atomic mass is 16.1. The summed E-state index contributed by atoms with van der Waals surface area (Å²) in [5.41, 5.74) is 3.28. The van der Waals surface area contributed by atoms with E-state index in [1.54, 1.807) is 24.5 Å². The molecule has 3 aromatic rings. The molecule has 2 N–H and O–H groups in total. The van der Waals surface area contributed by atoms with Crippen molar-refractivity contribution in [3.8, 4) is 0 Å². The maximum absolute atomic E-state index is 12.2. The van der Waals surface area contributed by atoms with E-state index in [2.05, 4.69) is 32.7 Å². The van der Waals surface area contributed by atoms with Gasteiger partial charge in [0.2, 0.25) is 0 Å². The zero-order valence-corrected chi connectivity index (χ0v) is 13.9. The van der Waals surface area contributed by atoms with E-state index in [4.69, 9.17) is 0 Å². The third-order valence-electron chi connectivity index (χ3n) is 3.71. The van der Waals surface area contributed by atoms with Gasteiger partial charge in [-0.05, 0) is 47.9 Å². The zero-order valence-electron chi connectivity index (χ0n) is 13.9. The molecule has 6 nitrogen and oxygen atoms in total. The number of aromatic nitrogens is 3. The number of rotatable bonds is 6. The molecule has 1 amide bonds. The number of carbonyl (C=O) groups is 1. The van der Waals surface area contributed by atoms with Crippen molar-refractivity contribution in [1.29, 1.82) is 0 Å². The fourth-order valence-corrected chi connectivity index (χ4v) is 2.26. The lowest BCUT2D eigenvalue weighted by molar-refractivity contribution is 0.102. The van der Waals surface area contributed by atoms with Crippen LogP contribution >= 0.6 is 0 Å². The molecule has 0 radical (unpaired) electrons. The lowest BCUT2D eigenvalue weighted by Crippen LogP contribution is -2.15. The minimum Gasteiger partial charge on any atom is -0.364 e. The van der Waals surface area contributed by atoms with Gasteiger partial charge < -0.3 is 10.6 Å². The number of nitrogens with zero attached hydrogens (tertiary/aromatic N) is 3. The van der Waals surface area contributed by atoms with E-state index < -0.39 is 0 Å². The Morgan fingerprint density at radius 1 is 1.00 bits per heavy atom. The van der Waals surface area contributed by atoms with Gasteiger partial charge in [-0.1, -0.05) is 25.1 Å². The van der Waals surface area contributed by atoms with Crippen molar-refractivity contribution in [2.45, 2.75) is 19.9 Å². The van der Waals surface area contributed by atoms with Crippen LogP contribution in [0.4, 0.5) is 11.5 Å². The van der Waals surface area contributed by atoms with E-state index >= 15 is 0 Å². The molecule has 0 saturated carbocycles. The summed E-state index contributed by atoms with van der Waals surface area (Å²) in [6.45, 7) is 2.69. The van der Waals surface area contributed by atoms with Gasteiger partial charge in [0.05, 0.1) is 0 Å². The van der Waals surface area contributed by atoms with Crippen molar-refractivity contribution in [2.24, 2.45) is 0 Å². The third kappa shape index (κ3) is 4.60. The SMILES string of the molecule is CCc1ccc(NC(=O)c2ccc(NCc3cccnc3)nn2)cc1. The van der Waals surface area contributed by atoms with Crippen LogP contribution in [0.3, 0.4) is 0 Å². The molecule has 2 heterocycles. The highest BCUT2D eigenvalue weighted by Gasteiger charge is 2.08. The standard InChI is InChI=1S/C19H19N5O/c1-2-14-5-7-16(8-6-14)22-19(25)17-9-10-18(24-23-17)21-13-15-4-3-11-20-12-15/h3-12H,2,13H2,1H3,(H,21,24)(H,22,25). The first kappa shape index (κ1) is 16.6. The molecule has 0 aliphatic heterocycles. The number of nitrogens with one attached hydrogen (secondary N) is 2. The Labute approximate surface area is 146 Å². The van der Waals surface area contributed by atoms with Crippen LogP contribution in [0.15, 0.2) is 60.9 Å². The number of amides is 1. The van der Waals surface area contributed by atoms with Gasteiger partial charge in [0.15, 0.2) is 5.69 Å². The Morgan fingerprint density at radius 2 is 1.84 bits per heavy atom. The first-order chi connectivity index (χ1) is 12.2. The van der Waals surface area contributed by atoms with E-state index in [9.17, 15) is 4.79 Å². The van der Waals surface area contributed by atoms with Crippen LogP contribution in [0.2, 0.25) is 0 Å². The van der Waals surface area contributed by atoms with Gasteiger partial charge in [-0.15, -0.1) is 10.2 Å². The van der Waals surface area contributed by atoms with Crippen LogP contribution in [0.1, 0.15) is 28.5 Å². The molecule has 0 fully saturated rings. The second-order valence-corrected chi connectivity index (χ2v) is 5.52. The monoisotopic (exact) mass is 333 g/mol. The first-order valence-electron chi connectivity index (χ1n) is 8.11. The Morgan fingerprint density at radius 3 is 2.48 bits per heavy atom. The molecule has 0 aliphatic rings. The molecule has 0 saturated heterocycles. The minimum absolute atomic E-state index is 0.270. The van der Waals surface area contributed by atoms with E-state index in [0.717, 1.165) is 17.7 Å². The summed E-state index contributed by atoms with van der Waals surface area (Å²) < 4.78 is 0. The summed E-state index contributed by atoms with van der Waals surface area (Å²) in [7, 11) is 0. The van der Waals surface area contributed by atoms with Crippen LogP contribution in [0, 0.1) is 0 Å². The number of carbonyl (C=O) groups excluding carboxylic acids is 1. The molecule has 1 aromatic carbocycles. The molecular formula is C19H19N5O. The largest absolute Gasteiger partial charge is 0.364 e. The maximum atomic E-state index is 12.2. The summed E-state index contributed by atoms with van der Waals surface area (Å²) in [6, 6.07) is 15.0. The topological polar surface area (TPSA) is 79.8 Å². The normalized spacial score (nSPS) is 10.3.